The van der Waals surface area contributed by atoms with E-state index >= 15 is 0 Å². The zero-order valence-corrected chi connectivity index (χ0v) is 19.4. The van der Waals surface area contributed by atoms with Crippen molar-refractivity contribution in [1.29, 1.82) is 0 Å². The van der Waals surface area contributed by atoms with Gasteiger partial charge in [-0.3, -0.25) is 9.69 Å². The zero-order valence-electron chi connectivity index (χ0n) is 19.4. The summed E-state index contributed by atoms with van der Waals surface area (Å²) >= 11 is 0. The van der Waals surface area contributed by atoms with Crippen LogP contribution >= 0.6 is 0 Å². The molecule has 5 rings (SSSR count). The molecule has 0 spiro atoms. The third-order valence-electron chi connectivity index (χ3n) is 6.27. The predicted molar refractivity (Wildman–Crippen MR) is 135 cm³/mol. The number of carbonyl (C=O) groups is 1. The highest BCUT2D eigenvalue weighted by molar-refractivity contribution is 5.96. The number of nitrogens with one attached hydrogen (secondary N) is 2. The molecule has 3 aromatic rings. The monoisotopic (exact) mass is 458 g/mol. The largest absolute Gasteiger partial charge is 0.454 e. The maximum Gasteiger partial charge on any atom is 0.246 e. The van der Waals surface area contributed by atoms with E-state index in [9.17, 15) is 4.79 Å². The van der Waals surface area contributed by atoms with Crippen LogP contribution in [0.1, 0.15) is 12.5 Å². The highest BCUT2D eigenvalue weighted by atomic mass is 16.7. The number of rotatable bonds is 7. The van der Waals surface area contributed by atoms with Crippen molar-refractivity contribution in [3.8, 4) is 11.5 Å². The van der Waals surface area contributed by atoms with E-state index in [2.05, 4.69) is 62.9 Å². The second-order valence-corrected chi connectivity index (χ2v) is 8.72. The van der Waals surface area contributed by atoms with Crippen molar-refractivity contribution in [2.24, 2.45) is 0 Å². The number of carbonyl (C=O) groups excluding carboxylic acids is 1. The SMILES string of the molecule is CC(Nc1ccc(N2CCN(Cc3ccccc3)CC2)cc1)C(=O)Nc1ccc2c(c1)OCO2. The van der Waals surface area contributed by atoms with Crippen LogP contribution in [-0.4, -0.2) is 49.8 Å². The quantitative estimate of drug-likeness (QED) is 0.554. The third kappa shape index (κ3) is 5.26. The number of ether oxygens (including phenoxy) is 2. The van der Waals surface area contributed by atoms with Gasteiger partial charge in [-0.1, -0.05) is 30.3 Å². The molecular weight excluding hydrogens is 428 g/mol. The van der Waals surface area contributed by atoms with Crippen molar-refractivity contribution in [3.05, 3.63) is 78.4 Å². The summed E-state index contributed by atoms with van der Waals surface area (Å²) < 4.78 is 10.7. The Balaban J connectivity index is 1.10. The van der Waals surface area contributed by atoms with E-state index in [-0.39, 0.29) is 12.7 Å². The van der Waals surface area contributed by atoms with Gasteiger partial charge in [0, 0.05) is 55.9 Å². The molecule has 0 aromatic heterocycles. The fourth-order valence-corrected chi connectivity index (χ4v) is 4.31. The molecule has 7 nitrogen and oxygen atoms in total. The molecule has 2 aliphatic rings. The molecule has 1 fully saturated rings. The predicted octanol–water partition coefficient (Wildman–Crippen LogP) is 4.18. The van der Waals surface area contributed by atoms with Gasteiger partial charge in [0.05, 0.1) is 0 Å². The summed E-state index contributed by atoms with van der Waals surface area (Å²) in [6.07, 6.45) is 0. The summed E-state index contributed by atoms with van der Waals surface area (Å²) in [6.45, 7) is 7.18. The maximum atomic E-state index is 12.6. The van der Waals surface area contributed by atoms with Crippen LogP contribution in [0.4, 0.5) is 17.1 Å². The van der Waals surface area contributed by atoms with Gasteiger partial charge >= 0.3 is 0 Å². The summed E-state index contributed by atoms with van der Waals surface area (Å²) in [5.41, 5.74) is 4.18. The van der Waals surface area contributed by atoms with Crippen LogP contribution < -0.4 is 25.0 Å². The van der Waals surface area contributed by atoms with Crippen LogP contribution in [0, 0.1) is 0 Å². The van der Waals surface area contributed by atoms with Gasteiger partial charge in [-0.05, 0) is 48.9 Å². The van der Waals surface area contributed by atoms with Crippen molar-refractivity contribution in [3.63, 3.8) is 0 Å². The highest BCUT2D eigenvalue weighted by Crippen LogP contribution is 2.34. The van der Waals surface area contributed by atoms with Gasteiger partial charge in [0.2, 0.25) is 12.7 Å². The lowest BCUT2D eigenvalue weighted by Crippen LogP contribution is -2.45. The molecule has 0 aliphatic carbocycles. The first-order valence-electron chi connectivity index (χ1n) is 11.7. The van der Waals surface area contributed by atoms with Crippen LogP contribution in [0.2, 0.25) is 0 Å². The Labute approximate surface area is 200 Å². The molecule has 1 amide bonds. The Morgan fingerprint density at radius 3 is 2.35 bits per heavy atom. The number of benzene rings is 3. The molecule has 3 aromatic carbocycles. The van der Waals surface area contributed by atoms with Crippen molar-refractivity contribution in [2.45, 2.75) is 19.5 Å². The van der Waals surface area contributed by atoms with Gasteiger partial charge in [-0.15, -0.1) is 0 Å². The molecule has 0 radical (unpaired) electrons. The molecule has 0 bridgehead atoms. The highest BCUT2D eigenvalue weighted by Gasteiger charge is 2.19. The van der Waals surface area contributed by atoms with Crippen LogP contribution in [0.5, 0.6) is 11.5 Å². The lowest BCUT2D eigenvalue weighted by Gasteiger charge is -2.36. The van der Waals surface area contributed by atoms with E-state index in [0.717, 1.165) is 38.4 Å². The third-order valence-corrected chi connectivity index (χ3v) is 6.27. The topological polar surface area (TPSA) is 66.1 Å². The lowest BCUT2D eigenvalue weighted by molar-refractivity contribution is -0.116. The van der Waals surface area contributed by atoms with Crippen LogP contribution in [-0.2, 0) is 11.3 Å². The Morgan fingerprint density at radius 2 is 1.59 bits per heavy atom. The maximum absolute atomic E-state index is 12.6. The molecule has 2 aliphatic heterocycles. The standard InChI is InChI=1S/C27H30N4O3/c1-20(27(32)29-23-9-12-25-26(17-23)34-19-33-25)28-22-7-10-24(11-8-22)31-15-13-30(14-16-31)18-21-5-3-2-4-6-21/h2-12,17,20,28H,13-16,18-19H2,1H3,(H,29,32). The Morgan fingerprint density at radius 1 is 0.882 bits per heavy atom. The summed E-state index contributed by atoms with van der Waals surface area (Å²) in [5.74, 6) is 1.23. The molecule has 1 atom stereocenters. The second kappa shape index (κ2) is 10.1. The number of piperazine rings is 1. The van der Waals surface area contributed by atoms with E-state index in [1.165, 1.54) is 11.3 Å². The minimum atomic E-state index is -0.391. The lowest BCUT2D eigenvalue weighted by atomic mass is 10.2. The number of hydrogen-bond acceptors (Lipinski definition) is 6. The first kappa shape index (κ1) is 22.1. The van der Waals surface area contributed by atoms with Gasteiger partial charge in [0.1, 0.15) is 6.04 Å². The van der Waals surface area contributed by atoms with E-state index in [1.54, 1.807) is 12.1 Å². The average molecular weight is 459 g/mol. The molecule has 7 heteroatoms. The number of hydrogen-bond donors (Lipinski definition) is 2. The number of fused-ring (bicyclic) bond motifs is 1. The van der Waals surface area contributed by atoms with E-state index < -0.39 is 6.04 Å². The van der Waals surface area contributed by atoms with E-state index in [1.807, 2.05) is 25.1 Å². The molecule has 2 heterocycles. The fourth-order valence-electron chi connectivity index (χ4n) is 4.31. The Hall–Kier alpha value is -3.71. The van der Waals surface area contributed by atoms with Crippen LogP contribution in [0.3, 0.4) is 0 Å². The Bertz CT molecular complexity index is 1110. The summed E-state index contributed by atoms with van der Waals surface area (Å²) in [6, 6.07) is 24.0. The van der Waals surface area contributed by atoms with Crippen LogP contribution in [0.15, 0.2) is 72.8 Å². The molecule has 1 unspecified atom stereocenters. The average Bonchev–Trinajstić information content (AvgIpc) is 3.34. The van der Waals surface area contributed by atoms with Crippen molar-refractivity contribution in [2.75, 3.05) is 48.5 Å². The summed E-state index contributed by atoms with van der Waals surface area (Å²) in [7, 11) is 0. The molecule has 34 heavy (non-hydrogen) atoms. The van der Waals surface area contributed by atoms with Gasteiger partial charge < -0.3 is 25.0 Å². The summed E-state index contributed by atoms with van der Waals surface area (Å²) in [4.78, 5) is 17.6. The summed E-state index contributed by atoms with van der Waals surface area (Å²) in [5, 5.41) is 6.21. The minimum Gasteiger partial charge on any atom is -0.454 e. The first-order valence-corrected chi connectivity index (χ1v) is 11.7. The molecule has 2 N–H and O–H groups in total. The second-order valence-electron chi connectivity index (χ2n) is 8.72. The van der Waals surface area contributed by atoms with Gasteiger partial charge in [-0.25, -0.2) is 0 Å². The molecular formula is C27H30N4O3. The van der Waals surface area contributed by atoms with Crippen molar-refractivity contribution in [1.82, 2.24) is 4.90 Å². The normalized spacial score (nSPS) is 16.2. The van der Waals surface area contributed by atoms with Crippen LogP contribution in [0.25, 0.3) is 0 Å². The molecule has 176 valence electrons. The van der Waals surface area contributed by atoms with E-state index in [0.29, 0.717) is 17.2 Å². The number of anilines is 3. The smallest absolute Gasteiger partial charge is 0.246 e. The number of nitrogens with zero attached hydrogens (tertiary/aromatic N) is 2. The minimum absolute atomic E-state index is 0.113. The van der Waals surface area contributed by atoms with Gasteiger partial charge in [-0.2, -0.15) is 0 Å². The van der Waals surface area contributed by atoms with Crippen molar-refractivity contribution >= 4 is 23.0 Å². The van der Waals surface area contributed by atoms with E-state index in [4.69, 9.17) is 9.47 Å². The zero-order chi connectivity index (χ0) is 23.3. The molecule has 1 saturated heterocycles. The van der Waals surface area contributed by atoms with Crippen molar-refractivity contribution < 1.29 is 14.3 Å². The first-order chi connectivity index (χ1) is 16.6. The number of amides is 1. The van der Waals surface area contributed by atoms with Gasteiger partial charge in [0.15, 0.2) is 11.5 Å². The van der Waals surface area contributed by atoms with Gasteiger partial charge in [0.25, 0.3) is 0 Å². The Kier molecular flexibility index (Phi) is 6.53. The fraction of sp³-hybridized carbons (Fsp3) is 0.296. The molecule has 0 saturated carbocycles.